The minimum Gasteiger partial charge on any atom is -0.550 e. The normalized spacial score (nSPS) is 26.6. The van der Waals surface area contributed by atoms with E-state index in [0.29, 0.717) is 12.3 Å². The lowest BCUT2D eigenvalue weighted by atomic mass is 9.82. The van der Waals surface area contributed by atoms with Crippen LogP contribution in [0.15, 0.2) is 36.4 Å². The quantitative estimate of drug-likeness (QED) is 0.581. The van der Waals surface area contributed by atoms with Gasteiger partial charge in [-0.3, -0.25) is 4.79 Å². The van der Waals surface area contributed by atoms with Crippen LogP contribution in [0.4, 0.5) is 5.69 Å². The van der Waals surface area contributed by atoms with Gasteiger partial charge in [0, 0.05) is 17.6 Å². The number of allylic oxidation sites excluding steroid dienone is 2. The van der Waals surface area contributed by atoms with Crippen molar-refractivity contribution in [3.05, 3.63) is 36.4 Å². The highest BCUT2D eigenvalue weighted by atomic mass is 16.5. The summed E-state index contributed by atoms with van der Waals surface area (Å²) in [5, 5.41) is 14.2. The summed E-state index contributed by atoms with van der Waals surface area (Å²) in [5.74, 6) is -1.97. The number of ether oxygens (including phenoxy) is 1. The molecule has 3 rings (SSSR count). The van der Waals surface area contributed by atoms with E-state index < -0.39 is 17.8 Å². The van der Waals surface area contributed by atoms with Crippen molar-refractivity contribution in [2.75, 3.05) is 11.9 Å². The fraction of sp³-hybridized carbons (Fsp3) is 0.500. The fourth-order valence-corrected chi connectivity index (χ4v) is 3.90. The molecule has 0 heterocycles. The zero-order valence-electron chi connectivity index (χ0n) is 14.4. The van der Waals surface area contributed by atoms with Crippen molar-refractivity contribution in [1.29, 1.82) is 0 Å². The number of carbonyl (C=O) groups excluding carboxylic acids is 2. The number of unbranched alkanes of at least 4 members (excludes halogenated alkanes) is 2. The van der Waals surface area contributed by atoms with Crippen LogP contribution in [0.3, 0.4) is 0 Å². The molecule has 2 aliphatic rings. The number of hydrogen-bond donors (Lipinski definition) is 1. The number of nitrogens with one attached hydrogen (secondary N) is 1. The molecule has 5 heteroatoms. The first kappa shape index (κ1) is 17.5. The first-order valence-electron chi connectivity index (χ1n) is 9.03. The molecule has 2 aliphatic carbocycles. The van der Waals surface area contributed by atoms with Crippen LogP contribution < -0.4 is 15.2 Å². The number of anilines is 1. The standard InChI is InChI=1S/C20H25NO4/c1-2-3-4-11-25-16-9-7-15(8-10-16)21-19(22)17-13-5-6-14(12-13)18(17)20(23)24/h5-10,13-14,17-18H,2-4,11-12H2,1H3,(H,21,22)(H,23,24)/p-1/t13-,14+,17-,18-/m0/s1. The number of carboxylic acids is 1. The minimum absolute atomic E-state index is 0.00549. The molecule has 5 nitrogen and oxygen atoms in total. The van der Waals surface area contributed by atoms with E-state index in [1.54, 1.807) is 12.1 Å². The average molecular weight is 342 g/mol. The summed E-state index contributed by atoms with van der Waals surface area (Å²) in [6.07, 6.45) is 7.91. The number of carbonyl (C=O) groups is 2. The van der Waals surface area contributed by atoms with Gasteiger partial charge in [0.05, 0.1) is 12.5 Å². The van der Waals surface area contributed by atoms with Crippen molar-refractivity contribution in [1.82, 2.24) is 0 Å². The molecule has 0 saturated heterocycles. The van der Waals surface area contributed by atoms with E-state index in [1.807, 2.05) is 24.3 Å². The molecule has 134 valence electrons. The molecule has 0 radical (unpaired) electrons. The largest absolute Gasteiger partial charge is 0.550 e. The van der Waals surface area contributed by atoms with Crippen LogP contribution in [-0.2, 0) is 9.59 Å². The molecule has 1 amide bonds. The number of benzene rings is 1. The summed E-state index contributed by atoms with van der Waals surface area (Å²) >= 11 is 0. The summed E-state index contributed by atoms with van der Waals surface area (Å²) in [7, 11) is 0. The van der Waals surface area contributed by atoms with E-state index in [0.717, 1.165) is 31.4 Å². The van der Waals surface area contributed by atoms with Gasteiger partial charge >= 0.3 is 0 Å². The molecule has 1 aromatic rings. The summed E-state index contributed by atoms with van der Waals surface area (Å²) < 4.78 is 5.65. The second-order valence-electron chi connectivity index (χ2n) is 6.89. The van der Waals surface area contributed by atoms with Gasteiger partial charge in [-0.15, -0.1) is 0 Å². The summed E-state index contributed by atoms with van der Waals surface area (Å²) in [6, 6.07) is 7.20. The van der Waals surface area contributed by atoms with Crippen LogP contribution in [0.25, 0.3) is 0 Å². The number of rotatable bonds is 8. The number of hydrogen-bond acceptors (Lipinski definition) is 4. The van der Waals surface area contributed by atoms with Gasteiger partial charge in [0.2, 0.25) is 5.91 Å². The van der Waals surface area contributed by atoms with Crippen LogP contribution in [-0.4, -0.2) is 18.5 Å². The molecule has 2 bridgehead atoms. The third kappa shape index (κ3) is 3.86. The molecule has 0 aromatic heterocycles. The Bertz CT molecular complexity index is 652. The van der Waals surface area contributed by atoms with Crippen molar-refractivity contribution in [3.63, 3.8) is 0 Å². The van der Waals surface area contributed by atoms with Gasteiger partial charge in [-0.2, -0.15) is 0 Å². The monoisotopic (exact) mass is 342 g/mol. The minimum atomic E-state index is -1.13. The zero-order chi connectivity index (χ0) is 17.8. The third-order valence-electron chi connectivity index (χ3n) is 5.17. The zero-order valence-corrected chi connectivity index (χ0v) is 14.4. The maximum Gasteiger partial charge on any atom is 0.228 e. The van der Waals surface area contributed by atoms with Crippen molar-refractivity contribution in [2.45, 2.75) is 32.6 Å². The molecule has 0 aliphatic heterocycles. The second kappa shape index (κ2) is 7.72. The van der Waals surface area contributed by atoms with Crippen molar-refractivity contribution in [2.24, 2.45) is 23.7 Å². The maximum absolute atomic E-state index is 12.6. The molecule has 0 unspecified atom stereocenters. The van der Waals surface area contributed by atoms with E-state index in [2.05, 4.69) is 12.2 Å². The lowest BCUT2D eigenvalue weighted by Crippen LogP contribution is -2.42. The molecule has 1 aromatic carbocycles. The first-order chi connectivity index (χ1) is 12.1. The first-order valence-corrected chi connectivity index (χ1v) is 9.03. The van der Waals surface area contributed by atoms with Gasteiger partial charge in [0.1, 0.15) is 5.75 Å². The van der Waals surface area contributed by atoms with Gasteiger partial charge in [0.15, 0.2) is 0 Å². The van der Waals surface area contributed by atoms with Crippen molar-refractivity contribution >= 4 is 17.6 Å². The van der Waals surface area contributed by atoms with Gasteiger partial charge in [-0.05, 0) is 48.9 Å². The smallest absolute Gasteiger partial charge is 0.228 e. The van der Waals surface area contributed by atoms with E-state index >= 15 is 0 Å². The molecular formula is C20H24NO4-. The Morgan fingerprint density at radius 2 is 1.80 bits per heavy atom. The number of aliphatic carboxylic acids is 1. The Morgan fingerprint density at radius 3 is 2.44 bits per heavy atom. The van der Waals surface area contributed by atoms with Gasteiger partial charge in [0.25, 0.3) is 0 Å². The Balaban J connectivity index is 1.58. The molecule has 1 saturated carbocycles. The molecule has 4 atom stereocenters. The molecule has 1 N–H and O–H groups in total. The SMILES string of the molecule is CCCCCOc1ccc(NC(=O)[C@@H]2[C@@H](C(=O)[O-])[C@@H]3C=C[C@H]2C3)cc1. The highest BCUT2D eigenvalue weighted by Crippen LogP contribution is 2.48. The van der Waals surface area contributed by atoms with Crippen LogP contribution in [0.5, 0.6) is 5.75 Å². The lowest BCUT2D eigenvalue weighted by molar-refractivity contribution is -0.313. The summed E-state index contributed by atoms with van der Waals surface area (Å²) in [6.45, 7) is 2.83. The van der Waals surface area contributed by atoms with Crippen LogP contribution in [0.1, 0.15) is 32.6 Å². The van der Waals surface area contributed by atoms with Crippen LogP contribution in [0.2, 0.25) is 0 Å². The highest BCUT2D eigenvalue weighted by molar-refractivity contribution is 5.96. The number of amides is 1. The molecule has 1 fully saturated rings. The molecular weight excluding hydrogens is 318 g/mol. The van der Waals surface area contributed by atoms with Crippen molar-refractivity contribution in [3.8, 4) is 5.75 Å². The predicted molar refractivity (Wildman–Crippen MR) is 92.8 cm³/mol. The fourth-order valence-electron chi connectivity index (χ4n) is 3.90. The second-order valence-corrected chi connectivity index (χ2v) is 6.89. The van der Waals surface area contributed by atoms with Gasteiger partial charge in [-0.1, -0.05) is 31.9 Å². The van der Waals surface area contributed by atoms with Gasteiger partial charge in [-0.25, -0.2) is 0 Å². The van der Waals surface area contributed by atoms with Gasteiger partial charge < -0.3 is 20.0 Å². The van der Waals surface area contributed by atoms with Crippen molar-refractivity contribution < 1.29 is 19.4 Å². The lowest BCUT2D eigenvalue weighted by Gasteiger charge is -2.27. The maximum atomic E-state index is 12.6. The van der Waals surface area contributed by atoms with E-state index in [4.69, 9.17) is 4.74 Å². The third-order valence-corrected chi connectivity index (χ3v) is 5.17. The molecule has 25 heavy (non-hydrogen) atoms. The van der Waals surface area contributed by atoms with E-state index in [-0.39, 0.29) is 17.7 Å². The Labute approximate surface area is 148 Å². The van der Waals surface area contributed by atoms with E-state index in [9.17, 15) is 14.7 Å². The molecule has 0 spiro atoms. The Morgan fingerprint density at radius 1 is 1.12 bits per heavy atom. The topological polar surface area (TPSA) is 78.5 Å². The summed E-state index contributed by atoms with van der Waals surface area (Å²) in [4.78, 5) is 24.0. The van der Waals surface area contributed by atoms with E-state index in [1.165, 1.54) is 0 Å². The Hall–Kier alpha value is -2.30. The van der Waals surface area contributed by atoms with Crippen LogP contribution >= 0.6 is 0 Å². The highest BCUT2D eigenvalue weighted by Gasteiger charge is 2.48. The summed E-state index contributed by atoms with van der Waals surface area (Å²) in [5.41, 5.74) is 0.648. The Kier molecular flexibility index (Phi) is 5.41. The number of carboxylic acid groups (broad SMARTS) is 1. The predicted octanol–water partition coefficient (Wildman–Crippen LogP) is 2.38. The van der Waals surface area contributed by atoms with Crippen LogP contribution in [0, 0.1) is 23.7 Å². The number of fused-ring (bicyclic) bond motifs is 2. The average Bonchev–Trinajstić information content (AvgIpc) is 3.21.